The normalized spacial score (nSPS) is 12.2. The molecule has 2 rings (SSSR count). The summed E-state index contributed by atoms with van der Waals surface area (Å²) in [6.07, 6.45) is 7.18. The van der Waals surface area contributed by atoms with Crippen molar-refractivity contribution >= 4 is 92.9 Å². The molecule has 0 bridgehead atoms. The number of hydrogen-bond donors (Lipinski definition) is 2. The van der Waals surface area contributed by atoms with Crippen molar-refractivity contribution in [1.82, 2.24) is 0 Å². The highest BCUT2D eigenvalue weighted by Crippen LogP contribution is 2.42. The molecule has 174 valence electrons. The molecule has 1 unspecified atom stereocenters. The Morgan fingerprint density at radius 1 is 1.09 bits per heavy atom. The van der Waals surface area contributed by atoms with Gasteiger partial charge in [0, 0.05) is 23.6 Å². The average Bonchev–Trinajstić information content (AvgIpc) is 2.76. The molecule has 0 saturated heterocycles. The van der Waals surface area contributed by atoms with Gasteiger partial charge < -0.3 is 15.2 Å². The van der Waals surface area contributed by atoms with Gasteiger partial charge in [0.25, 0.3) is 5.91 Å². The average molecular weight is 727 g/mol. The van der Waals surface area contributed by atoms with Gasteiger partial charge in [0.05, 0.1) is 16.1 Å². The third-order valence-corrected chi connectivity index (χ3v) is 9.40. The molecule has 0 fully saturated rings. The number of allylic oxidation sites excluding steroid dienone is 3. The summed E-state index contributed by atoms with van der Waals surface area (Å²) < 4.78 is 7.35. The molecular weight excluding hydrogens is 709 g/mol. The lowest BCUT2D eigenvalue weighted by molar-refractivity contribution is 0.0691. The smallest absolute Gasteiger partial charge is 0.337 e. The lowest BCUT2D eigenvalue weighted by Crippen LogP contribution is -2.18. The van der Waals surface area contributed by atoms with Crippen LogP contribution in [-0.2, 0) is 0 Å². The fourth-order valence-electron chi connectivity index (χ4n) is 2.61. The van der Waals surface area contributed by atoms with Gasteiger partial charge in [0.15, 0.2) is 0 Å². The number of halogens is 5. The monoisotopic (exact) mass is 723 g/mol. The number of carbonyl (C=O) groups is 2. The maximum Gasteiger partial charge on any atom is 0.337 e. The van der Waals surface area contributed by atoms with Crippen LogP contribution in [0.4, 0.5) is 5.69 Å². The van der Waals surface area contributed by atoms with Crippen molar-refractivity contribution in [2.75, 3.05) is 5.32 Å². The largest absolute Gasteiger partial charge is 0.484 e. The zero-order valence-corrected chi connectivity index (χ0v) is 24.5. The summed E-state index contributed by atoms with van der Waals surface area (Å²) in [5.74, 6) is -1.47. The second kappa shape index (κ2) is 12.4. The Morgan fingerprint density at radius 2 is 1.70 bits per heavy atom. The van der Waals surface area contributed by atoms with Gasteiger partial charge >= 0.3 is 5.97 Å². The number of nitrogens with one attached hydrogen (secondary N) is 1. The Kier molecular flexibility index (Phi) is 10.4. The topological polar surface area (TPSA) is 75.6 Å². The molecule has 33 heavy (non-hydrogen) atoms. The van der Waals surface area contributed by atoms with Gasteiger partial charge in [-0.2, -0.15) is 0 Å². The Balaban J connectivity index is 2.28. The van der Waals surface area contributed by atoms with Crippen molar-refractivity contribution in [2.24, 2.45) is 0 Å². The zero-order chi connectivity index (χ0) is 24.9. The molecule has 0 aromatic heterocycles. The van der Waals surface area contributed by atoms with Crippen LogP contribution in [0.1, 0.15) is 34.6 Å². The first kappa shape index (κ1) is 27.9. The highest BCUT2D eigenvalue weighted by atomic mass is 79.9. The minimum absolute atomic E-state index is 0.0567. The summed E-state index contributed by atoms with van der Waals surface area (Å²) in [5, 5.41) is 12.6. The van der Waals surface area contributed by atoms with Gasteiger partial charge in [-0.25, -0.2) is 4.79 Å². The predicted molar refractivity (Wildman–Crippen MR) is 147 cm³/mol. The maximum atomic E-state index is 13.0. The van der Waals surface area contributed by atoms with E-state index in [1.807, 2.05) is 38.2 Å². The van der Waals surface area contributed by atoms with Crippen LogP contribution in [0.25, 0.3) is 0 Å². The molecule has 10 heteroatoms. The van der Waals surface area contributed by atoms with E-state index < -0.39 is 11.9 Å². The van der Waals surface area contributed by atoms with Gasteiger partial charge in [-0.15, -0.1) is 0 Å². The highest BCUT2D eigenvalue weighted by Gasteiger charge is 2.28. The first-order valence-corrected chi connectivity index (χ1v) is 12.9. The number of ether oxygens (including phenoxy) is 1. The molecule has 2 aromatic rings. The summed E-state index contributed by atoms with van der Waals surface area (Å²) >= 11 is 19.5. The third-order valence-electron chi connectivity index (χ3n) is 4.34. The van der Waals surface area contributed by atoms with Crippen molar-refractivity contribution in [3.8, 4) is 5.75 Å². The molecule has 0 aliphatic carbocycles. The Bertz CT molecular complexity index is 1180. The molecule has 0 spiro atoms. The van der Waals surface area contributed by atoms with Crippen LogP contribution < -0.4 is 10.1 Å². The fraction of sp³-hybridized carbons (Fsp3) is 0.130. The molecule has 1 amide bonds. The summed E-state index contributed by atoms with van der Waals surface area (Å²) in [7, 11) is 0. The van der Waals surface area contributed by atoms with E-state index >= 15 is 0 Å². The number of aromatic carboxylic acids is 1. The second-order valence-electron chi connectivity index (χ2n) is 6.63. The lowest BCUT2D eigenvalue weighted by Gasteiger charge is -2.17. The van der Waals surface area contributed by atoms with Crippen LogP contribution in [-0.4, -0.2) is 23.1 Å². The SMILES string of the molecule is C=C(C=CC=CC)C(C)Oc1ccc(NC(=O)c2c(Br)c(Br)c(Br)c(Br)c2C(=O)O)cc1Cl. The molecule has 0 saturated carbocycles. The van der Waals surface area contributed by atoms with Crippen molar-refractivity contribution < 1.29 is 19.4 Å². The van der Waals surface area contributed by atoms with Crippen molar-refractivity contribution in [3.63, 3.8) is 0 Å². The third kappa shape index (κ3) is 6.82. The van der Waals surface area contributed by atoms with Crippen molar-refractivity contribution in [2.45, 2.75) is 20.0 Å². The number of amides is 1. The second-order valence-corrected chi connectivity index (χ2v) is 10.2. The van der Waals surface area contributed by atoms with E-state index in [0.717, 1.165) is 5.57 Å². The minimum Gasteiger partial charge on any atom is -0.484 e. The van der Waals surface area contributed by atoms with Gasteiger partial charge in [0.2, 0.25) is 0 Å². The van der Waals surface area contributed by atoms with E-state index in [2.05, 4.69) is 75.6 Å². The quantitative estimate of drug-likeness (QED) is 0.162. The Morgan fingerprint density at radius 3 is 2.24 bits per heavy atom. The van der Waals surface area contributed by atoms with Gasteiger partial charge in [-0.1, -0.05) is 42.5 Å². The lowest BCUT2D eigenvalue weighted by atomic mass is 10.1. The standard InChI is InChI=1S/C23H18Br4ClNO4/c1-4-5-6-7-11(2)12(3)33-15-9-8-13(10-14(15)28)29-22(30)16-17(23(31)32)19(25)21(27)20(26)18(16)24/h4-10,12H,2H2,1,3H3,(H,29,30)(H,31,32). The van der Waals surface area contributed by atoms with E-state index in [1.165, 1.54) is 6.07 Å². The van der Waals surface area contributed by atoms with Gasteiger partial charge in [-0.05, 0) is 101 Å². The molecule has 0 aliphatic rings. The van der Waals surface area contributed by atoms with Crippen molar-refractivity contribution in [1.29, 1.82) is 0 Å². The summed E-state index contributed by atoms with van der Waals surface area (Å²) in [6, 6.07) is 4.76. The molecular formula is C23H18Br4ClNO4. The molecule has 0 heterocycles. The fourth-order valence-corrected chi connectivity index (χ4v) is 5.30. The first-order valence-electron chi connectivity index (χ1n) is 9.34. The number of carboxylic acids is 1. The number of benzene rings is 2. The molecule has 2 N–H and O–H groups in total. The minimum atomic E-state index is -1.26. The first-order chi connectivity index (χ1) is 15.5. The Labute approximate surface area is 230 Å². The Hall–Kier alpha value is -1.39. The zero-order valence-electron chi connectivity index (χ0n) is 17.4. The molecule has 0 radical (unpaired) electrons. The highest BCUT2D eigenvalue weighted by molar-refractivity contribution is 9.15. The van der Waals surface area contributed by atoms with Crippen LogP contribution in [0.2, 0.25) is 5.02 Å². The number of rotatable bonds is 8. The van der Waals surface area contributed by atoms with Crippen LogP contribution in [0, 0.1) is 0 Å². The number of carbonyl (C=O) groups excluding carboxylic acids is 1. The van der Waals surface area contributed by atoms with E-state index in [9.17, 15) is 14.7 Å². The van der Waals surface area contributed by atoms with Gasteiger partial charge in [-0.3, -0.25) is 4.79 Å². The molecule has 2 aromatic carbocycles. The number of hydrogen-bond acceptors (Lipinski definition) is 3. The van der Waals surface area contributed by atoms with Crippen LogP contribution >= 0.6 is 75.3 Å². The summed E-state index contributed by atoms with van der Waals surface area (Å²) in [5.41, 5.74) is 0.881. The summed E-state index contributed by atoms with van der Waals surface area (Å²) in [4.78, 5) is 24.8. The molecule has 0 aliphatic heterocycles. The van der Waals surface area contributed by atoms with E-state index in [-0.39, 0.29) is 31.2 Å². The van der Waals surface area contributed by atoms with Crippen LogP contribution in [0.5, 0.6) is 5.75 Å². The molecule has 1 atom stereocenters. The van der Waals surface area contributed by atoms with E-state index in [4.69, 9.17) is 16.3 Å². The molecule has 5 nitrogen and oxygen atoms in total. The van der Waals surface area contributed by atoms with Crippen molar-refractivity contribution in [3.05, 3.63) is 88.7 Å². The van der Waals surface area contributed by atoms with E-state index in [0.29, 0.717) is 20.4 Å². The number of carboxylic acid groups (broad SMARTS) is 1. The van der Waals surface area contributed by atoms with Crippen LogP contribution in [0.15, 0.2) is 72.5 Å². The summed E-state index contributed by atoms with van der Waals surface area (Å²) in [6.45, 7) is 7.75. The van der Waals surface area contributed by atoms with Crippen LogP contribution in [0.3, 0.4) is 0 Å². The maximum absolute atomic E-state index is 13.0. The number of anilines is 1. The van der Waals surface area contributed by atoms with E-state index in [1.54, 1.807) is 12.1 Å². The van der Waals surface area contributed by atoms with Gasteiger partial charge in [0.1, 0.15) is 11.9 Å². The predicted octanol–water partition coefficient (Wildman–Crippen LogP) is 8.80.